The Morgan fingerprint density at radius 3 is 2.88 bits per heavy atom. The zero-order valence-corrected chi connectivity index (χ0v) is 9.86. The molecule has 1 atom stereocenters. The summed E-state index contributed by atoms with van der Waals surface area (Å²) >= 11 is 1.67. The van der Waals surface area contributed by atoms with Gasteiger partial charge in [0.1, 0.15) is 5.82 Å². The van der Waals surface area contributed by atoms with Crippen molar-refractivity contribution >= 4 is 17.2 Å². The molecule has 0 N–H and O–H groups in total. The van der Waals surface area contributed by atoms with Gasteiger partial charge in [0.15, 0.2) is 0 Å². The molecule has 2 nitrogen and oxygen atoms in total. The summed E-state index contributed by atoms with van der Waals surface area (Å²) in [6, 6.07) is 10.8. The zero-order valence-electron chi connectivity index (χ0n) is 9.04. The Bertz CT molecular complexity index is 438. The topological polar surface area (TPSA) is 16.1 Å². The molecule has 1 saturated heterocycles. The van der Waals surface area contributed by atoms with Crippen molar-refractivity contribution in [3.63, 3.8) is 0 Å². The minimum Gasteiger partial charge on any atom is -0.355 e. The largest absolute Gasteiger partial charge is 0.355 e. The second-order valence-electron chi connectivity index (χ2n) is 4.19. The number of rotatable bonds is 2. The van der Waals surface area contributed by atoms with Gasteiger partial charge in [0.25, 0.3) is 0 Å². The summed E-state index contributed by atoms with van der Waals surface area (Å²) in [5.74, 6) is 1.81. The van der Waals surface area contributed by atoms with Crippen molar-refractivity contribution in [2.24, 2.45) is 0 Å². The molecule has 82 valence electrons. The van der Waals surface area contributed by atoms with Crippen LogP contribution in [0.2, 0.25) is 0 Å². The van der Waals surface area contributed by atoms with Gasteiger partial charge in [0, 0.05) is 24.4 Å². The molecule has 1 aliphatic heterocycles. The number of anilines is 1. The molecule has 0 spiro atoms. The molecule has 0 saturated carbocycles. The van der Waals surface area contributed by atoms with Crippen LogP contribution in [0.1, 0.15) is 17.9 Å². The molecule has 1 aromatic carbocycles. The third-order valence-electron chi connectivity index (χ3n) is 3.20. The van der Waals surface area contributed by atoms with Crippen LogP contribution in [0.4, 0.5) is 5.82 Å². The third-order valence-corrected chi connectivity index (χ3v) is 3.78. The summed E-state index contributed by atoms with van der Waals surface area (Å²) in [5, 5.41) is 2.13. The number of hydrogen-bond acceptors (Lipinski definition) is 3. The maximum Gasteiger partial charge on any atom is 0.139 e. The summed E-state index contributed by atoms with van der Waals surface area (Å²) in [6.07, 6.45) is 1.24. The monoisotopic (exact) mass is 230 g/mol. The first kappa shape index (κ1) is 9.85. The molecule has 0 bridgehead atoms. The van der Waals surface area contributed by atoms with E-state index in [0.29, 0.717) is 5.92 Å². The van der Waals surface area contributed by atoms with Gasteiger partial charge in [-0.3, -0.25) is 0 Å². The Hall–Kier alpha value is -1.35. The van der Waals surface area contributed by atoms with Gasteiger partial charge in [-0.1, -0.05) is 30.3 Å². The second-order valence-corrected chi connectivity index (χ2v) is 4.91. The fourth-order valence-corrected chi connectivity index (χ4v) is 2.89. The number of aromatic nitrogens is 1. The van der Waals surface area contributed by atoms with Crippen molar-refractivity contribution in [3.05, 3.63) is 46.8 Å². The van der Waals surface area contributed by atoms with E-state index in [0.717, 1.165) is 18.9 Å². The van der Waals surface area contributed by atoms with Crippen molar-refractivity contribution < 1.29 is 0 Å². The van der Waals surface area contributed by atoms with Crippen molar-refractivity contribution in [1.82, 2.24) is 4.98 Å². The van der Waals surface area contributed by atoms with E-state index in [9.17, 15) is 0 Å². The molecule has 1 fully saturated rings. The summed E-state index contributed by atoms with van der Waals surface area (Å²) in [5.41, 5.74) is 3.37. The van der Waals surface area contributed by atoms with E-state index in [-0.39, 0.29) is 0 Å². The van der Waals surface area contributed by atoms with Crippen LogP contribution in [0.25, 0.3) is 0 Å². The normalized spacial score (nSPS) is 20.2. The molecule has 16 heavy (non-hydrogen) atoms. The third kappa shape index (κ3) is 1.83. The highest BCUT2D eigenvalue weighted by Gasteiger charge is 2.24. The molecular weight excluding hydrogens is 216 g/mol. The van der Waals surface area contributed by atoms with Crippen molar-refractivity contribution in [2.75, 3.05) is 18.0 Å². The Kier molecular flexibility index (Phi) is 2.62. The Morgan fingerprint density at radius 2 is 2.12 bits per heavy atom. The molecule has 0 aliphatic carbocycles. The highest BCUT2D eigenvalue weighted by Crippen LogP contribution is 2.30. The van der Waals surface area contributed by atoms with Crippen LogP contribution in [-0.2, 0) is 0 Å². The van der Waals surface area contributed by atoms with Crippen molar-refractivity contribution in [2.45, 2.75) is 12.3 Å². The van der Waals surface area contributed by atoms with E-state index >= 15 is 0 Å². The SMILES string of the molecule is c1ccc(C2CCN(c3cscn3)C2)cc1. The minimum absolute atomic E-state index is 0.669. The maximum atomic E-state index is 4.37. The molecule has 1 aromatic heterocycles. The lowest BCUT2D eigenvalue weighted by Gasteiger charge is -2.15. The molecule has 2 aromatic rings. The quantitative estimate of drug-likeness (QED) is 0.788. The Labute approximate surface area is 99.6 Å². The molecule has 3 rings (SSSR count). The first-order valence-corrected chi connectivity index (χ1v) is 6.56. The molecule has 1 unspecified atom stereocenters. The molecule has 1 aliphatic rings. The standard InChI is InChI=1S/C13H14N2S/c1-2-4-11(5-3-1)12-6-7-15(8-12)13-9-16-10-14-13/h1-5,9-10,12H,6-8H2. The van der Waals surface area contributed by atoms with Crippen LogP contribution in [0.15, 0.2) is 41.2 Å². The lowest BCUT2D eigenvalue weighted by Crippen LogP contribution is -2.19. The maximum absolute atomic E-state index is 4.37. The van der Waals surface area contributed by atoms with Crippen LogP contribution in [0.3, 0.4) is 0 Å². The average Bonchev–Trinajstić information content (AvgIpc) is 3.01. The van der Waals surface area contributed by atoms with E-state index in [1.807, 2.05) is 5.51 Å². The van der Waals surface area contributed by atoms with Crippen LogP contribution in [-0.4, -0.2) is 18.1 Å². The number of benzene rings is 1. The smallest absolute Gasteiger partial charge is 0.139 e. The van der Waals surface area contributed by atoms with Crippen molar-refractivity contribution in [3.8, 4) is 0 Å². The van der Waals surface area contributed by atoms with E-state index in [2.05, 4.69) is 45.6 Å². The van der Waals surface area contributed by atoms with Gasteiger partial charge >= 0.3 is 0 Å². The minimum atomic E-state index is 0.669. The summed E-state index contributed by atoms with van der Waals surface area (Å²) in [6.45, 7) is 2.23. The lowest BCUT2D eigenvalue weighted by molar-refractivity contribution is 0.774. The first-order chi connectivity index (χ1) is 7.93. The molecule has 3 heteroatoms. The van der Waals surface area contributed by atoms with E-state index in [1.165, 1.54) is 12.0 Å². The Balaban J connectivity index is 1.74. The number of hydrogen-bond donors (Lipinski definition) is 0. The number of nitrogens with zero attached hydrogens (tertiary/aromatic N) is 2. The fraction of sp³-hybridized carbons (Fsp3) is 0.308. The van der Waals surface area contributed by atoms with E-state index in [1.54, 1.807) is 11.3 Å². The van der Waals surface area contributed by atoms with Gasteiger partial charge in [-0.15, -0.1) is 11.3 Å². The molecule has 2 heterocycles. The predicted molar refractivity (Wildman–Crippen MR) is 68.1 cm³/mol. The fourth-order valence-electron chi connectivity index (χ4n) is 2.33. The van der Waals surface area contributed by atoms with Gasteiger partial charge in [-0.25, -0.2) is 4.98 Å². The average molecular weight is 230 g/mol. The molecule has 0 amide bonds. The van der Waals surface area contributed by atoms with Crippen molar-refractivity contribution in [1.29, 1.82) is 0 Å². The lowest BCUT2D eigenvalue weighted by atomic mass is 9.99. The van der Waals surface area contributed by atoms with Gasteiger partial charge in [0.05, 0.1) is 5.51 Å². The van der Waals surface area contributed by atoms with E-state index in [4.69, 9.17) is 0 Å². The molecule has 0 radical (unpaired) electrons. The summed E-state index contributed by atoms with van der Waals surface area (Å²) < 4.78 is 0. The summed E-state index contributed by atoms with van der Waals surface area (Å²) in [4.78, 5) is 6.75. The predicted octanol–water partition coefficient (Wildman–Crippen LogP) is 3.14. The van der Waals surface area contributed by atoms with Crippen LogP contribution < -0.4 is 4.90 Å². The van der Waals surface area contributed by atoms with Crippen LogP contribution >= 0.6 is 11.3 Å². The highest BCUT2D eigenvalue weighted by atomic mass is 32.1. The first-order valence-electron chi connectivity index (χ1n) is 5.61. The van der Waals surface area contributed by atoms with Gasteiger partial charge in [-0.05, 0) is 12.0 Å². The van der Waals surface area contributed by atoms with Crippen LogP contribution in [0, 0.1) is 0 Å². The van der Waals surface area contributed by atoms with Crippen LogP contribution in [0.5, 0.6) is 0 Å². The highest BCUT2D eigenvalue weighted by molar-refractivity contribution is 7.07. The van der Waals surface area contributed by atoms with E-state index < -0.39 is 0 Å². The zero-order chi connectivity index (χ0) is 10.8. The Morgan fingerprint density at radius 1 is 1.25 bits per heavy atom. The molecular formula is C13H14N2S. The van der Waals surface area contributed by atoms with Gasteiger partial charge in [0.2, 0.25) is 0 Å². The van der Waals surface area contributed by atoms with Gasteiger partial charge in [-0.2, -0.15) is 0 Å². The second kappa shape index (κ2) is 4.26. The number of thiazole rings is 1. The van der Waals surface area contributed by atoms with Gasteiger partial charge < -0.3 is 4.90 Å². The summed E-state index contributed by atoms with van der Waals surface area (Å²) in [7, 11) is 0.